The minimum absolute atomic E-state index is 0.159. The van der Waals surface area contributed by atoms with Gasteiger partial charge in [-0.15, -0.1) is 0 Å². The van der Waals surface area contributed by atoms with Gasteiger partial charge in [0.05, 0.1) is 18.7 Å². The number of aliphatic carboxylic acids is 1. The summed E-state index contributed by atoms with van der Waals surface area (Å²) in [6.45, 7) is 20.4. The molecule has 0 amide bonds. The second-order valence-electron chi connectivity index (χ2n) is 11.1. The molecule has 5 aromatic rings. The zero-order valence-corrected chi connectivity index (χ0v) is 27.8. The van der Waals surface area contributed by atoms with E-state index in [4.69, 9.17) is 22.3 Å². The molecule has 10 heteroatoms. The molecule has 0 spiro atoms. The number of carbonyl (C=O) groups is 2. The van der Waals surface area contributed by atoms with Crippen LogP contribution in [0.3, 0.4) is 0 Å². The number of carbonyl (C=O) groups excluding carboxylic acids is 1. The first kappa shape index (κ1) is 35.1. The molecule has 0 bridgehead atoms. The molecule has 0 saturated heterocycles. The van der Waals surface area contributed by atoms with E-state index in [2.05, 4.69) is 28.4 Å². The minimum Gasteiger partial charge on any atom is -0.486 e. The van der Waals surface area contributed by atoms with Crippen molar-refractivity contribution in [3.63, 3.8) is 0 Å². The fourth-order valence-electron chi connectivity index (χ4n) is 5.41. The van der Waals surface area contributed by atoms with Crippen molar-refractivity contribution in [3.8, 4) is 0 Å². The topological polar surface area (TPSA) is 109 Å². The predicted molar refractivity (Wildman–Crippen MR) is 200 cm³/mol. The van der Waals surface area contributed by atoms with Gasteiger partial charge in [-0.2, -0.15) is 4.85 Å². The van der Waals surface area contributed by atoms with Crippen LogP contribution in [0, 0.1) is 13.1 Å². The molecule has 0 aliphatic heterocycles. The summed E-state index contributed by atoms with van der Waals surface area (Å²) in [4.78, 5) is 45.4. The lowest BCUT2D eigenvalue weighted by Gasteiger charge is -2.26. The third-order valence-corrected chi connectivity index (χ3v) is 8.00. The molecule has 1 N–H and O–H groups in total. The van der Waals surface area contributed by atoms with Gasteiger partial charge in [0.25, 0.3) is 12.2 Å². The maximum atomic E-state index is 12.9. The van der Waals surface area contributed by atoms with Crippen molar-refractivity contribution in [1.29, 1.82) is 0 Å². The Hall–Kier alpha value is -7.17. The monoisotopic (exact) mass is 676 g/mol. The Morgan fingerprint density at radius 2 is 1.31 bits per heavy atom. The molecular formula is C41H32N4O6. The van der Waals surface area contributed by atoms with Crippen LogP contribution in [-0.4, -0.2) is 30.6 Å². The maximum Gasteiger partial charge on any atom is 0.348 e. The van der Waals surface area contributed by atoms with Crippen LogP contribution in [0.1, 0.15) is 36.1 Å². The van der Waals surface area contributed by atoms with Gasteiger partial charge in [-0.25, -0.2) is 9.64 Å². The number of hydrogen-bond acceptors (Lipinski definition) is 7. The van der Waals surface area contributed by atoms with Crippen LogP contribution in [-0.2, 0) is 14.3 Å². The highest BCUT2D eigenvalue weighted by atomic mass is 16.5. The van der Waals surface area contributed by atoms with Gasteiger partial charge in [-0.05, 0) is 103 Å². The number of carboxylic acid groups (broad SMARTS) is 1. The van der Waals surface area contributed by atoms with Gasteiger partial charge < -0.3 is 24.1 Å². The Bertz CT molecular complexity index is 2290. The van der Waals surface area contributed by atoms with Crippen molar-refractivity contribution in [2.45, 2.75) is 13.8 Å². The van der Waals surface area contributed by atoms with Crippen LogP contribution in [0.2, 0.25) is 0 Å². The first-order chi connectivity index (χ1) is 24.8. The standard InChI is InChI=1S/C41H32N4O6/c1-5-44(6-2)36-22-15-31-25-32(41(49)51-38(31)26-36)14-7-28-8-16-33(17-9-28)45(34-18-10-29(11-19-34)23-37(42-3)40(47)48)35-20-12-30(13-21-35)24-39(43-4)50-27-46/h7-27H,5-6H2,1-2H3,(H,47,48)/b14-7+,37-23-,39-24-. The molecule has 252 valence electrons. The fraction of sp³-hybridized carbons (Fsp3) is 0.0976. The highest BCUT2D eigenvalue weighted by Gasteiger charge is 2.14. The zero-order chi connectivity index (χ0) is 36.3. The summed E-state index contributed by atoms with van der Waals surface area (Å²) < 4.78 is 10.4. The fourth-order valence-corrected chi connectivity index (χ4v) is 5.41. The summed E-state index contributed by atoms with van der Waals surface area (Å²) in [5.74, 6) is -1.46. The van der Waals surface area contributed by atoms with Crippen LogP contribution in [0.5, 0.6) is 0 Å². The molecule has 0 atom stereocenters. The van der Waals surface area contributed by atoms with Crippen LogP contribution in [0.15, 0.2) is 118 Å². The third kappa shape index (κ3) is 8.47. The molecule has 0 radical (unpaired) electrons. The number of rotatable bonds is 13. The highest BCUT2D eigenvalue weighted by Crippen LogP contribution is 2.35. The Morgan fingerprint density at radius 3 is 1.82 bits per heavy atom. The van der Waals surface area contributed by atoms with Crippen molar-refractivity contribution >= 4 is 70.5 Å². The summed E-state index contributed by atoms with van der Waals surface area (Å²) in [5.41, 5.74) is 5.51. The number of fused-ring (bicyclic) bond motifs is 1. The van der Waals surface area contributed by atoms with Crippen LogP contribution >= 0.6 is 0 Å². The molecule has 10 nitrogen and oxygen atoms in total. The number of hydrogen-bond donors (Lipinski definition) is 1. The Balaban J connectivity index is 1.46. The first-order valence-corrected chi connectivity index (χ1v) is 15.9. The van der Waals surface area contributed by atoms with Crippen molar-refractivity contribution in [3.05, 3.63) is 164 Å². The average Bonchev–Trinajstić information content (AvgIpc) is 3.15. The van der Waals surface area contributed by atoms with E-state index in [0.717, 1.165) is 46.8 Å². The average molecular weight is 677 g/mol. The second-order valence-corrected chi connectivity index (χ2v) is 11.1. The number of anilines is 4. The van der Waals surface area contributed by atoms with E-state index in [9.17, 15) is 19.5 Å². The summed E-state index contributed by atoms with van der Waals surface area (Å²) in [6, 6.07) is 29.7. The van der Waals surface area contributed by atoms with E-state index >= 15 is 0 Å². The molecule has 0 aliphatic carbocycles. The van der Waals surface area contributed by atoms with Crippen molar-refractivity contribution in [2.24, 2.45) is 0 Å². The SMILES string of the molecule is [C-]#[N+]/C(=C/c1ccc(N(c2ccc(/C=C(\[N+]#[C-])C(=O)O)cc2)c2ccc(/C=C/c3cc4ccc(N(CC)CC)cc4oc3=O)cc2)cc1)OC=O. The Labute approximate surface area is 294 Å². The van der Waals surface area contributed by atoms with Gasteiger partial charge in [-0.3, -0.25) is 9.59 Å². The predicted octanol–water partition coefficient (Wildman–Crippen LogP) is 9.01. The maximum absolute atomic E-state index is 12.9. The largest absolute Gasteiger partial charge is 0.486 e. The summed E-state index contributed by atoms with van der Waals surface area (Å²) >= 11 is 0. The van der Waals surface area contributed by atoms with Gasteiger partial charge in [-0.1, -0.05) is 42.5 Å². The molecule has 1 heterocycles. The van der Waals surface area contributed by atoms with E-state index in [1.165, 1.54) is 12.2 Å². The molecule has 51 heavy (non-hydrogen) atoms. The van der Waals surface area contributed by atoms with Crippen molar-refractivity contribution in [2.75, 3.05) is 22.9 Å². The van der Waals surface area contributed by atoms with Gasteiger partial charge in [0.1, 0.15) is 5.58 Å². The first-order valence-electron chi connectivity index (χ1n) is 15.9. The summed E-state index contributed by atoms with van der Waals surface area (Å²) in [5, 5.41) is 10.1. The lowest BCUT2D eigenvalue weighted by molar-refractivity contribution is -0.132. The van der Waals surface area contributed by atoms with E-state index in [-0.39, 0.29) is 12.4 Å². The Morgan fingerprint density at radius 1 is 0.765 bits per heavy atom. The lowest BCUT2D eigenvalue weighted by Crippen LogP contribution is -2.21. The van der Waals surface area contributed by atoms with E-state index in [0.29, 0.717) is 22.3 Å². The van der Waals surface area contributed by atoms with Crippen LogP contribution in [0.25, 0.3) is 45.0 Å². The molecule has 5 rings (SSSR count). The summed E-state index contributed by atoms with van der Waals surface area (Å²) in [6.07, 6.45) is 6.33. The normalized spacial score (nSPS) is 11.5. The molecular weight excluding hydrogens is 644 g/mol. The number of ether oxygens (including phenoxy) is 1. The molecule has 1 aromatic heterocycles. The van der Waals surface area contributed by atoms with Gasteiger partial charge in [0.2, 0.25) is 0 Å². The smallest absolute Gasteiger partial charge is 0.348 e. The molecule has 4 aromatic carbocycles. The van der Waals surface area contributed by atoms with E-state index < -0.39 is 17.3 Å². The quantitative estimate of drug-likeness (QED) is 0.0433. The molecule has 0 fully saturated rings. The van der Waals surface area contributed by atoms with Crippen LogP contribution in [0.4, 0.5) is 22.7 Å². The Kier molecular flexibility index (Phi) is 11.2. The lowest BCUT2D eigenvalue weighted by atomic mass is 10.1. The highest BCUT2D eigenvalue weighted by molar-refractivity contribution is 5.94. The van der Waals surface area contributed by atoms with Gasteiger partial charge >= 0.3 is 17.5 Å². The van der Waals surface area contributed by atoms with Gasteiger partial charge in [0, 0.05) is 47.3 Å². The molecule has 0 unspecified atom stereocenters. The zero-order valence-electron chi connectivity index (χ0n) is 27.8. The third-order valence-electron chi connectivity index (χ3n) is 8.00. The van der Waals surface area contributed by atoms with Crippen LogP contribution < -0.4 is 15.4 Å². The molecule has 0 saturated carbocycles. The minimum atomic E-state index is -1.30. The van der Waals surface area contributed by atoms with Crippen molar-refractivity contribution < 1.29 is 23.8 Å². The van der Waals surface area contributed by atoms with Crippen molar-refractivity contribution in [1.82, 2.24) is 0 Å². The van der Waals surface area contributed by atoms with Gasteiger partial charge in [0.15, 0.2) is 0 Å². The number of benzene rings is 4. The summed E-state index contributed by atoms with van der Waals surface area (Å²) in [7, 11) is 0. The number of nitrogens with zero attached hydrogens (tertiary/aromatic N) is 4. The second kappa shape index (κ2) is 16.3. The van der Waals surface area contributed by atoms with E-state index in [1.54, 1.807) is 30.3 Å². The van der Waals surface area contributed by atoms with E-state index in [1.807, 2.05) is 83.8 Å². The molecule has 0 aliphatic rings. The number of carboxylic acids is 1.